The molecule has 0 radical (unpaired) electrons. The van der Waals surface area contributed by atoms with Crippen molar-refractivity contribution in [1.29, 1.82) is 0 Å². The minimum absolute atomic E-state index is 0.0582. The molecular formula is C8H13N3O4. The topological polar surface area (TPSA) is 111 Å². The van der Waals surface area contributed by atoms with E-state index in [1.165, 1.54) is 0 Å². The van der Waals surface area contributed by atoms with Gasteiger partial charge in [0.25, 0.3) is 0 Å². The van der Waals surface area contributed by atoms with Crippen molar-refractivity contribution in [3.05, 3.63) is 0 Å². The van der Waals surface area contributed by atoms with E-state index in [1.807, 2.05) is 0 Å². The number of piperidine rings is 1. The van der Waals surface area contributed by atoms with Crippen molar-refractivity contribution in [3.8, 4) is 0 Å². The fraction of sp³-hybridized carbons (Fsp3) is 0.625. The van der Waals surface area contributed by atoms with Crippen LogP contribution in [0.5, 0.6) is 0 Å². The van der Waals surface area contributed by atoms with Gasteiger partial charge in [-0.3, -0.25) is 19.2 Å². The third kappa shape index (κ3) is 3.94. The van der Waals surface area contributed by atoms with E-state index in [4.69, 9.17) is 5.73 Å². The van der Waals surface area contributed by atoms with E-state index < -0.39 is 5.91 Å². The number of nitrogens with one attached hydrogen (secondary N) is 2. The number of carbonyl (C=O) groups is 3. The maximum absolute atomic E-state index is 11.3. The molecule has 1 heterocycles. The summed E-state index contributed by atoms with van der Waals surface area (Å²) >= 11 is 0. The smallest absolute Gasteiger partial charge is 0.248 e. The summed E-state index contributed by atoms with van der Waals surface area (Å²) < 4.78 is 0. The molecule has 1 saturated heterocycles. The van der Waals surface area contributed by atoms with Crippen molar-refractivity contribution in [3.63, 3.8) is 0 Å². The molecule has 1 rings (SSSR count). The lowest BCUT2D eigenvalue weighted by molar-refractivity contribution is -0.142. The molecule has 1 atom stereocenters. The van der Waals surface area contributed by atoms with Gasteiger partial charge in [0.1, 0.15) is 0 Å². The van der Waals surface area contributed by atoms with Crippen LogP contribution in [-0.4, -0.2) is 30.9 Å². The second-order valence-electron chi connectivity index (χ2n) is 3.26. The number of nitrogens with two attached hydrogens (primary N) is 1. The first-order valence-corrected chi connectivity index (χ1v) is 4.56. The van der Waals surface area contributed by atoms with E-state index in [-0.39, 0.29) is 24.3 Å². The van der Waals surface area contributed by atoms with Crippen LogP contribution in [0.1, 0.15) is 12.8 Å². The summed E-state index contributed by atoms with van der Waals surface area (Å²) in [5.41, 5.74) is 6.91. The van der Waals surface area contributed by atoms with Gasteiger partial charge in [-0.1, -0.05) is 0 Å². The summed E-state index contributed by atoms with van der Waals surface area (Å²) in [4.78, 5) is 37.0. The molecule has 1 aliphatic heterocycles. The standard InChI is InChI=1S/C8H13N3O4/c9-6(12)4-15-11-8(14)5-1-2-7(13)10-3-5/h5H,1-4H2,(H2,9,12)(H,10,13)(H,11,14). The first kappa shape index (κ1) is 11.4. The number of hydrogen-bond donors (Lipinski definition) is 3. The predicted molar refractivity (Wildman–Crippen MR) is 49.0 cm³/mol. The Morgan fingerprint density at radius 1 is 1.60 bits per heavy atom. The van der Waals surface area contributed by atoms with Gasteiger partial charge >= 0.3 is 0 Å². The van der Waals surface area contributed by atoms with Crippen LogP contribution in [-0.2, 0) is 19.2 Å². The highest BCUT2D eigenvalue weighted by molar-refractivity contribution is 5.83. The average Bonchev–Trinajstić information content (AvgIpc) is 2.18. The van der Waals surface area contributed by atoms with Crippen LogP contribution in [0.2, 0.25) is 0 Å². The molecule has 0 aromatic heterocycles. The number of carbonyl (C=O) groups excluding carboxylic acids is 3. The molecule has 0 bridgehead atoms. The van der Waals surface area contributed by atoms with Gasteiger partial charge in [0.2, 0.25) is 17.7 Å². The molecular weight excluding hydrogens is 202 g/mol. The summed E-state index contributed by atoms with van der Waals surface area (Å²) in [6.45, 7) is -0.0601. The number of hydroxylamine groups is 1. The number of rotatable bonds is 4. The molecule has 7 heteroatoms. The minimum atomic E-state index is -0.660. The minimum Gasteiger partial charge on any atom is -0.368 e. The summed E-state index contributed by atoms with van der Waals surface area (Å²) in [5, 5.41) is 2.57. The van der Waals surface area contributed by atoms with Crippen LogP contribution in [0.4, 0.5) is 0 Å². The molecule has 0 aliphatic carbocycles. The Morgan fingerprint density at radius 2 is 2.33 bits per heavy atom. The van der Waals surface area contributed by atoms with E-state index >= 15 is 0 Å². The maximum Gasteiger partial charge on any atom is 0.248 e. The van der Waals surface area contributed by atoms with Crippen molar-refractivity contribution in [2.24, 2.45) is 11.7 Å². The Kier molecular flexibility index (Phi) is 4.04. The molecule has 0 spiro atoms. The molecule has 7 nitrogen and oxygen atoms in total. The van der Waals surface area contributed by atoms with Crippen LogP contribution in [0, 0.1) is 5.92 Å². The number of hydrogen-bond acceptors (Lipinski definition) is 4. The van der Waals surface area contributed by atoms with Crippen molar-refractivity contribution < 1.29 is 19.2 Å². The molecule has 1 aliphatic rings. The van der Waals surface area contributed by atoms with E-state index in [0.29, 0.717) is 19.4 Å². The summed E-state index contributed by atoms with van der Waals surface area (Å²) in [6, 6.07) is 0. The third-order valence-corrected chi connectivity index (χ3v) is 2.02. The molecule has 15 heavy (non-hydrogen) atoms. The first-order valence-electron chi connectivity index (χ1n) is 4.56. The van der Waals surface area contributed by atoms with E-state index in [9.17, 15) is 14.4 Å². The molecule has 4 N–H and O–H groups in total. The van der Waals surface area contributed by atoms with E-state index in [0.717, 1.165) is 0 Å². The van der Waals surface area contributed by atoms with Crippen LogP contribution < -0.4 is 16.5 Å². The van der Waals surface area contributed by atoms with Gasteiger partial charge in [0.05, 0.1) is 5.92 Å². The van der Waals surface area contributed by atoms with E-state index in [2.05, 4.69) is 15.6 Å². The predicted octanol–water partition coefficient (Wildman–Crippen LogP) is -1.95. The molecule has 0 aromatic rings. The van der Waals surface area contributed by atoms with Crippen LogP contribution in [0.25, 0.3) is 0 Å². The van der Waals surface area contributed by atoms with Gasteiger partial charge in [0, 0.05) is 13.0 Å². The summed E-state index contributed by atoms with van der Waals surface area (Å²) in [7, 11) is 0. The van der Waals surface area contributed by atoms with Crippen molar-refractivity contribution in [2.75, 3.05) is 13.2 Å². The molecule has 84 valence electrons. The molecule has 0 aromatic carbocycles. The molecule has 1 unspecified atom stereocenters. The lowest BCUT2D eigenvalue weighted by atomic mass is 9.99. The monoisotopic (exact) mass is 215 g/mol. The second kappa shape index (κ2) is 5.30. The fourth-order valence-electron chi connectivity index (χ4n) is 1.22. The highest BCUT2D eigenvalue weighted by atomic mass is 16.7. The summed E-state index contributed by atoms with van der Waals surface area (Å²) in [5.74, 6) is -1.38. The van der Waals surface area contributed by atoms with Crippen LogP contribution in [0.15, 0.2) is 0 Å². The van der Waals surface area contributed by atoms with Crippen molar-refractivity contribution >= 4 is 17.7 Å². The molecule has 0 saturated carbocycles. The quantitative estimate of drug-likeness (QED) is 0.473. The number of amides is 3. The zero-order valence-corrected chi connectivity index (χ0v) is 8.12. The SMILES string of the molecule is NC(=O)CONC(=O)C1CCC(=O)NC1. The zero-order chi connectivity index (χ0) is 11.3. The second-order valence-corrected chi connectivity index (χ2v) is 3.26. The Hall–Kier alpha value is -1.63. The van der Waals surface area contributed by atoms with Crippen LogP contribution >= 0.6 is 0 Å². The van der Waals surface area contributed by atoms with Gasteiger partial charge in [-0.25, -0.2) is 5.48 Å². The van der Waals surface area contributed by atoms with Crippen LogP contribution in [0.3, 0.4) is 0 Å². The largest absolute Gasteiger partial charge is 0.368 e. The Morgan fingerprint density at radius 3 is 2.87 bits per heavy atom. The average molecular weight is 215 g/mol. The highest BCUT2D eigenvalue weighted by Crippen LogP contribution is 2.10. The molecule has 1 fully saturated rings. The number of primary amides is 1. The maximum atomic E-state index is 11.3. The van der Waals surface area contributed by atoms with Crippen molar-refractivity contribution in [2.45, 2.75) is 12.8 Å². The molecule has 3 amide bonds. The van der Waals surface area contributed by atoms with Gasteiger partial charge in [-0.2, -0.15) is 0 Å². The van der Waals surface area contributed by atoms with Gasteiger partial charge in [-0.15, -0.1) is 0 Å². The third-order valence-electron chi connectivity index (χ3n) is 2.02. The van der Waals surface area contributed by atoms with Gasteiger partial charge in [-0.05, 0) is 6.42 Å². The Labute approximate surface area is 86.3 Å². The van der Waals surface area contributed by atoms with E-state index in [1.54, 1.807) is 0 Å². The summed E-state index contributed by atoms with van der Waals surface area (Å²) in [6.07, 6.45) is 0.811. The van der Waals surface area contributed by atoms with Crippen molar-refractivity contribution in [1.82, 2.24) is 10.8 Å². The fourth-order valence-corrected chi connectivity index (χ4v) is 1.22. The zero-order valence-electron chi connectivity index (χ0n) is 8.12. The first-order chi connectivity index (χ1) is 7.09. The normalized spacial score (nSPS) is 20.5. The lowest BCUT2D eigenvalue weighted by Gasteiger charge is -2.20. The van der Waals surface area contributed by atoms with Gasteiger partial charge in [0.15, 0.2) is 6.61 Å². The Balaban J connectivity index is 2.22. The van der Waals surface area contributed by atoms with Gasteiger partial charge < -0.3 is 11.1 Å². The highest BCUT2D eigenvalue weighted by Gasteiger charge is 2.24. The Bertz CT molecular complexity index is 269. The lowest BCUT2D eigenvalue weighted by Crippen LogP contribution is -2.43.